The molecule has 0 aromatic carbocycles. The number of carbonyl (C=O) groups is 1. The van der Waals surface area contributed by atoms with Crippen LogP contribution in [0.4, 0.5) is 10.1 Å². The SMILES string of the molecule is O=C(Nc1cnc(-n2nccn2)c(Cl)c1)[C@@H]1CC2(CC2)c2c1cnc1cc(F)nn21. The predicted octanol–water partition coefficient (Wildman–Crippen LogP) is 2.66. The van der Waals surface area contributed by atoms with E-state index in [4.69, 9.17) is 11.6 Å². The van der Waals surface area contributed by atoms with Gasteiger partial charge in [-0.25, -0.2) is 14.5 Å². The molecule has 2 aliphatic rings. The fraction of sp³-hybridized carbons (Fsp3) is 0.263. The van der Waals surface area contributed by atoms with Gasteiger partial charge in [-0.2, -0.15) is 14.6 Å². The number of halogens is 2. The summed E-state index contributed by atoms with van der Waals surface area (Å²) in [6, 6.07) is 2.91. The summed E-state index contributed by atoms with van der Waals surface area (Å²) in [5, 5.41) is 15.2. The third-order valence-corrected chi connectivity index (χ3v) is 6.10. The van der Waals surface area contributed by atoms with Crippen molar-refractivity contribution in [2.24, 2.45) is 0 Å². The summed E-state index contributed by atoms with van der Waals surface area (Å²) in [5.74, 6) is -0.795. The second-order valence-electron chi connectivity index (χ2n) is 7.67. The summed E-state index contributed by atoms with van der Waals surface area (Å²) in [7, 11) is 0. The Hall–Kier alpha value is -3.40. The lowest BCUT2D eigenvalue weighted by Gasteiger charge is -2.13. The summed E-state index contributed by atoms with van der Waals surface area (Å²) in [6.07, 6.45) is 8.76. The van der Waals surface area contributed by atoms with E-state index < -0.39 is 11.9 Å². The molecule has 4 heterocycles. The molecule has 4 aromatic rings. The van der Waals surface area contributed by atoms with Crippen molar-refractivity contribution < 1.29 is 9.18 Å². The van der Waals surface area contributed by atoms with Crippen molar-refractivity contribution in [3.05, 3.63) is 59.1 Å². The minimum absolute atomic E-state index is 0.136. The van der Waals surface area contributed by atoms with Crippen molar-refractivity contribution in [3.8, 4) is 5.82 Å². The molecule has 11 heteroatoms. The highest BCUT2D eigenvalue weighted by atomic mass is 35.5. The van der Waals surface area contributed by atoms with E-state index in [1.165, 1.54) is 29.5 Å². The first-order valence-corrected chi connectivity index (χ1v) is 9.80. The highest BCUT2D eigenvalue weighted by Crippen LogP contribution is 2.60. The van der Waals surface area contributed by atoms with Gasteiger partial charge in [-0.15, -0.1) is 9.90 Å². The van der Waals surface area contributed by atoms with E-state index in [2.05, 4.69) is 30.6 Å². The van der Waals surface area contributed by atoms with E-state index in [0.717, 1.165) is 24.1 Å². The topological polar surface area (TPSA) is 103 Å². The number of fused-ring (bicyclic) bond motifs is 4. The molecule has 0 unspecified atom stereocenters. The van der Waals surface area contributed by atoms with Crippen molar-refractivity contribution in [3.63, 3.8) is 0 Å². The molecule has 1 fully saturated rings. The number of nitrogens with one attached hydrogen (secondary N) is 1. The molecule has 1 amide bonds. The lowest BCUT2D eigenvalue weighted by molar-refractivity contribution is -0.117. The number of carbonyl (C=O) groups excluding carboxylic acids is 1. The van der Waals surface area contributed by atoms with Gasteiger partial charge in [-0.1, -0.05) is 11.6 Å². The van der Waals surface area contributed by atoms with Crippen LogP contribution in [0.3, 0.4) is 0 Å². The van der Waals surface area contributed by atoms with Crippen LogP contribution < -0.4 is 5.32 Å². The number of amides is 1. The summed E-state index contributed by atoms with van der Waals surface area (Å²) in [6.45, 7) is 0. The second kappa shape index (κ2) is 6.05. The first-order chi connectivity index (χ1) is 14.5. The van der Waals surface area contributed by atoms with E-state index in [0.29, 0.717) is 28.6 Å². The third kappa shape index (κ3) is 2.53. The zero-order valence-corrected chi connectivity index (χ0v) is 16.2. The number of nitrogens with zero attached hydrogens (tertiary/aromatic N) is 7. The molecule has 1 N–H and O–H groups in total. The molecule has 0 aliphatic heterocycles. The average Bonchev–Trinajstić information content (AvgIpc) is 3.06. The molecular weight excluding hydrogens is 411 g/mol. The number of hydrogen-bond donors (Lipinski definition) is 1. The maximum absolute atomic E-state index is 13.7. The van der Waals surface area contributed by atoms with Crippen molar-refractivity contribution in [1.82, 2.24) is 34.6 Å². The summed E-state index contributed by atoms with van der Waals surface area (Å²) >= 11 is 6.30. The van der Waals surface area contributed by atoms with Gasteiger partial charge < -0.3 is 5.32 Å². The number of hydrogen-bond acceptors (Lipinski definition) is 6. The van der Waals surface area contributed by atoms with Crippen molar-refractivity contribution in [1.29, 1.82) is 0 Å². The van der Waals surface area contributed by atoms with Crippen LogP contribution in [0.25, 0.3) is 11.5 Å². The van der Waals surface area contributed by atoms with Crippen molar-refractivity contribution >= 4 is 28.8 Å². The van der Waals surface area contributed by atoms with Gasteiger partial charge in [0.2, 0.25) is 11.9 Å². The Balaban J connectivity index is 1.32. The van der Waals surface area contributed by atoms with Crippen molar-refractivity contribution in [2.45, 2.75) is 30.6 Å². The van der Waals surface area contributed by atoms with Crippen LogP contribution in [0.2, 0.25) is 5.02 Å². The molecule has 1 spiro atoms. The maximum Gasteiger partial charge on any atom is 0.235 e. The normalized spacial score (nSPS) is 18.7. The minimum Gasteiger partial charge on any atom is -0.324 e. The molecule has 0 bridgehead atoms. The zero-order chi connectivity index (χ0) is 20.5. The Morgan fingerprint density at radius 1 is 1.20 bits per heavy atom. The van der Waals surface area contributed by atoms with Crippen LogP contribution in [0.5, 0.6) is 0 Å². The predicted molar refractivity (Wildman–Crippen MR) is 104 cm³/mol. The van der Waals surface area contributed by atoms with Crippen LogP contribution in [-0.2, 0) is 10.2 Å². The molecule has 6 rings (SSSR count). The Morgan fingerprint density at radius 3 is 2.73 bits per heavy atom. The minimum atomic E-state index is -0.577. The van der Waals surface area contributed by atoms with E-state index in [1.807, 2.05) is 0 Å². The highest BCUT2D eigenvalue weighted by Gasteiger charge is 2.56. The molecule has 0 saturated heterocycles. The largest absolute Gasteiger partial charge is 0.324 e. The Kier molecular flexibility index (Phi) is 3.52. The molecule has 4 aromatic heterocycles. The highest BCUT2D eigenvalue weighted by molar-refractivity contribution is 6.32. The molecule has 9 nitrogen and oxygen atoms in total. The van der Waals surface area contributed by atoms with Crippen LogP contribution >= 0.6 is 11.6 Å². The maximum atomic E-state index is 13.7. The van der Waals surface area contributed by atoms with Gasteiger partial charge >= 0.3 is 0 Å². The van der Waals surface area contributed by atoms with E-state index in [9.17, 15) is 9.18 Å². The smallest absolute Gasteiger partial charge is 0.235 e. The summed E-state index contributed by atoms with van der Waals surface area (Å²) in [4.78, 5) is 23.0. The second-order valence-corrected chi connectivity index (χ2v) is 8.08. The van der Waals surface area contributed by atoms with Gasteiger partial charge in [0, 0.05) is 23.2 Å². The molecule has 30 heavy (non-hydrogen) atoms. The standard InChI is InChI=1S/C19H14ClFN8O/c20-13-5-10(8-23-17(13)29-24-3-4-25-29)26-18(30)11-7-19(1-2-19)16-12(11)9-22-15-6-14(21)27-28(15)16/h3-6,8-9,11H,1-2,7H2,(H,26,30)/t11-/m1/s1. The lowest BCUT2D eigenvalue weighted by Crippen LogP contribution is -2.20. The molecular formula is C19H14ClFN8O. The zero-order valence-electron chi connectivity index (χ0n) is 15.5. The van der Waals surface area contributed by atoms with Crippen LogP contribution in [0.1, 0.15) is 36.4 Å². The molecule has 150 valence electrons. The quantitative estimate of drug-likeness (QED) is 0.542. The summed E-state index contributed by atoms with van der Waals surface area (Å²) < 4.78 is 15.2. The average molecular weight is 425 g/mol. The van der Waals surface area contributed by atoms with Crippen LogP contribution in [0, 0.1) is 5.95 Å². The van der Waals surface area contributed by atoms with E-state index in [-0.39, 0.29) is 11.3 Å². The molecule has 2 aliphatic carbocycles. The molecule has 0 radical (unpaired) electrons. The van der Waals surface area contributed by atoms with Gasteiger partial charge in [-0.3, -0.25) is 4.79 Å². The fourth-order valence-corrected chi connectivity index (χ4v) is 4.57. The first kappa shape index (κ1) is 17.5. The van der Waals surface area contributed by atoms with Gasteiger partial charge in [-0.05, 0) is 25.3 Å². The number of aromatic nitrogens is 7. The van der Waals surface area contributed by atoms with Crippen LogP contribution in [0.15, 0.2) is 36.9 Å². The Labute approximate surface area is 173 Å². The Bertz CT molecular complexity index is 1310. The van der Waals surface area contributed by atoms with E-state index >= 15 is 0 Å². The lowest BCUT2D eigenvalue weighted by atomic mass is 9.99. The monoisotopic (exact) mass is 424 g/mol. The van der Waals surface area contributed by atoms with Gasteiger partial charge in [0.15, 0.2) is 11.5 Å². The van der Waals surface area contributed by atoms with Crippen molar-refractivity contribution in [2.75, 3.05) is 5.32 Å². The first-order valence-electron chi connectivity index (χ1n) is 9.42. The fourth-order valence-electron chi connectivity index (χ4n) is 4.33. The molecule has 1 saturated carbocycles. The van der Waals surface area contributed by atoms with Crippen LogP contribution in [-0.4, -0.2) is 40.5 Å². The van der Waals surface area contributed by atoms with Gasteiger partial charge in [0.1, 0.15) is 0 Å². The number of rotatable bonds is 3. The summed E-state index contributed by atoms with van der Waals surface area (Å²) in [5.41, 5.74) is 2.48. The Morgan fingerprint density at radius 2 is 2.00 bits per heavy atom. The number of pyridine rings is 1. The number of anilines is 1. The molecule has 1 atom stereocenters. The van der Waals surface area contributed by atoms with Gasteiger partial charge in [0.05, 0.1) is 40.9 Å². The van der Waals surface area contributed by atoms with E-state index in [1.54, 1.807) is 16.8 Å². The third-order valence-electron chi connectivity index (χ3n) is 5.82. The van der Waals surface area contributed by atoms with Gasteiger partial charge in [0.25, 0.3) is 0 Å².